The summed E-state index contributed by atoms with van der Waals surface area (Å²) in [6.45, 7) is 9.03. The molecule has 1 N–H and O–H groups in total. The first kappa shape index (κ1) is 26.9. The highest BCUT2D eigenvalue weighted by Gasteiger charge is 2.56. The molecule has 0 aromatic heterocycles. The van der Waals surface area contributed by atoms with Gasteiger partial charge in [0.25, 0.3) is 0 Å². The molecule has 0 saturated carbocycles. The molecular formula is C20H38NO8P. The summed E-state index contributed by atoms with van der Waals surface area (Å²) < 4.78 is 34.7. The van der Waals surface area contributed by atoms with Crippen molar-refractivity contribution in [3.05, 3.63) is 0 Å². The van der Waals surface area contributed by atoms with Gasteiger partial charge in [0.2, 0.25) is 0 Å². The predicted molar refractivity (Wildman–Crippen MR) is 112 cm³/mol. The van der Waals surface area contributed by atoms with E-state index >= 15 is 0 Å². The molecule has 4 atom stereocenters. The molecule has 176 valence electrons. The SMILES string of the molecule is COC(=O)[C@H]1C[C@@H](CC(C)C)[C@H](CCO)[C@@H](P(=O)(OC)OC)N1C(=O)OC(C)(C)C. The third-order valence-electron chi connectivity index (χ3n) is 5.28. The molecule has 9 nitrogen and oxygen atoms in total. The zero-order valence-corrected chi connectivity index (χ0v) is 20.3. The number of ether oxygens (including phenoxy) is 2. The van der Waals surface area contributed by atoms with Crippen LogP contribution in [0.25, 0.3) is 0 Å². The number of esters is 1. The van der Waals surface area contributed by atoms with Crippen LogP contribution in [0.2, 0.25) is 0 Å². The van der Waals surface area contributed by atoms with Crippen molar-refractivity contribution in [2.24, 2.45) is 17.8 Å². The molecule has 10 heteroatoms. The first-order chi connectivity index (χ1) is 13.8. The Labute approximate surface area is 179 Å². The third-order valence-corrected chi connectivity index (χ3v) is 7.58. The van der Waals surface area contributed by atoms with Crippen molar-refractivity contribution in [2.75, 3.05) is 27.9 Å². The molecule has 0 spiro atoms. The molecule has 0 aromatic carbocycles. The normalized spacial score (nSPS) is 25.3. The number of likely N-dealkylation sites (tertiary alicyclic amines) is 1. The zero-order valence-electron chi connectivity index (χ0n) is 19.4. The molecule has 1 amide bonds. The van der Waals surface area contributed by atoms with E-state index in [0.29, 0.717) is 12.8 Å². The minimum absolute atomic E-state index is 0.108. The van der Waals surface area contributed by atoms with Crippen LogP contribution in [0.4, 0.5) is 4.79 Å². The smallest absolute Gasteiger partial charge is 0.411 e. The summed E-state index contributed by atoms with van der Waals surface area (Å²) in [6, 6.07) is -1.01. The Morgan fingerprint density at radius 3 is 2.13 bits per heavy atom. The molecule has 1 aliphatic heterocycles. The van der Waals surface area contributed by atoms with Crippen molar-refractivity contribution in [3.63, 3.8) is 0 Å². The van der Waals surface area contributed by atoms with Crippen molar-refractivity contribution in [2.45, 2.75) is 71.3 Å². The predicted octanol–water partition coefficient (Wildman–Crippen LogP) is 3.64. The molecule has 1 heterocycles. The number of rotatable bonds is 8. The number of aliphatic hydroxyl groups is 1. The Kier molecular flexibility index (Phi) is 9.80. The van der Waals surface area contributed by atoms with Gasteiger partial charge < -0.3 is 23.6 Å². The Morgan fingerprint density at radius 2 is 1.73 bits per heavy atom. The molecule has 0 aromatic rings. The lowest BCUT2D eigenvalue weighted by Crippen LogP contribution is -2.60. The van der Waals surface area contributed by atoms with Crippen molar-refractivity contribution in [1.29, 1.82) is 0 Å². The van der Waals surface area contributed by atoms with Gasteiger partial charge in [-0.2, -0.15) is 0 Å². The van der Waals surface area contributed by atoms with Crippen LogP contribution in [0.1, 0.15) is 53.9 Å². The summed E-state index contributed by atoms with van der Waals surface area (Å²) >= 11 is 0. The lowest BCUT2D eigenvalue weighted by molar-refractivity contribution is -0.151. The van der Waals surface area contributed by atoms with E-state index < -0.39 is 43.0 Å². The summed E-state index contributed by atoms with van der Waals surface area (Å²) in [7, 11) is -0.150. The van der Waals surface area contributed by atoms with Crippen molar-refractivity contribution >= 4 is 19.7 Å². The summed E-state index contributed by atoms with van der Waals surface area (Å²) in [5.41, 5.74) is -0.840. The molecule has 1 saturated heterocycles. The molecule has 1 fully saturated rings. The first-order valence-electron chi connectivity index (χ1n) is 10.3. The highest BCUT2D eigenvalue weighted by molar-refractivity contribution is 7.54. The summed E-state index contributed by atoms with van der Waals surface area (Å²) in [5, 5.41) is 9.73. The molecule has 30 heavy (non-hydrogen) atoms. The van der Waals surface area contributed by atoms with Crippen molar-refractivity contribution in [1.82, 2.24) is 4.90 Å². The number of carbonyl (C=O) groups is 2. The highest BCUT2D eigenvalue weighted by atomic mass is 31.2. The number of methoxy groups -OCH3 is 1. The summed E-state index contributed by atoms with van der Waals surface area (Å²) in [5.74, 6) is -1.97. The maximum Gasteiger partial charge on any atom is 0.411 e. The molecule has 1 aliphatic rings. The summed E-state index contributed by atoms with van der Waals surface area (Å²) in [4.78, 5) is 27.1. The van der Waals surface area contributed by atoms with Crippen molar-refractivity contribution < 1.29 is 37.8 Å². The lowest BCUT2D eigenvalue weighted by Gasteiger charge is -2.50. The summed E-state index contributed by atoms with van der Waals surface area (Å²) in [6.07, 6.45) is 0.484. The van der Waals surface area contributed by atoms with Crippen LogP contribution >= 0.6 is 7.60 Å². The molecule has 0 unspecified atom stereocenters. The number of hydrogen-bond donors (Lipinski definition) is 1. The van der Waals surface area contributed by atoms with E-state index in [1.54, 1.807) is 20.8 Å². The maximum atomic E-state index is 13.6. The zero-order chi connectivity index (χ0) is 23.3. The first-order valence-corrected chi connectivity index (χ1v) is 11.9. The van der Waals surface area contributed by atoms with Crippen molar-refractivity contribution in [3.8, 4) is 0 Å². The van der Waals surface area contributed by atoms with Crippen LogP contribution in [0, 0.1) is 17.8 Å². The largest absolute Gasteiger partial charge is 0.467 e. The van der Waals surface area contributed by atoms with Crippen LogP contribution in [0.15, 0.2) is 0 Å². The van der Waals surface area contributed by atoms with E-state index in [1.807, 2.05) is 13.8 Å². The second-order valence-electron chi connectivity index (χ2n) is 9.05. The van der Waals surface area contributed by atoms with Gasteiger partial charge >= 0.3 is 19.7 Å². The maximum absolute atomic E-state index is 13.6. The Hall–Kier alpha value is -1.15. The van der Waals surface area contributed by atoms with E-state index in [1.165, 1.54) is 21.3 Å². The fraction of sp³-hybridized carbons (Fsp3) is 0.900. The second-order valence-corrected chi connectivity index (χ2v) is 11.4. The Bertz CT molecular complexity index is 625. The van der Waals surface area contributed by atoms with Gasteiger partial charge in [0.05, 0.1) is 7.11 Å². The van der Waals surface area contributed by atoms with E-state index in [2.05, 4.69) is 0 Å². The van der Waals surface area contributed by atoms with Crippen LogP contribution in [0.3, 0.4) is 0 Å². The van der Waals surface area contributed by atoms with Crippen LogP contribution < -0.4 is 0 Å². The number of nitrogens with zero attached hydrogens (tertiary/aromatic N) is 1. The third kappa shape index (κ3) is 6.42. The van der Waals surface area contributed by atoms with Gasteiger partial charge in [-0.15, -0.1) is 0 Å². The van der Waals surface area contributed by atoms with E-state index in [-0.39, 0.29) is 24.9 Å². The van der Waals surface area contributed by atoms with Gasteiger partial charge in [-0.25, -0.2) is 9.59 Å². The molecular weight excluding hydrogens is 413 g/mol. The van der Waals surface area contributed by atoms with Gasteiger partial charge in [-0.3, -0.25) is 9.46 Å². The Morgan fingerprint density at radius 1 is 1.17 bits per heavy atom. The van der Waals surface area contributed by atoms with Gasteiger partial charge in [0.1, 0.15) is 17.4 Å². The van der Waals surface area contributed by atoms with Gasteiger partial charge in [0, 0.05) is 20.8 Å². The molecule has 0 bridgehead atoms. The number of aliphatic hydroxyl groups excluding tert-OH is 1. The lowest BCUT2D eigenvalue weighted by atomic mass is 9.75. The number of piperidine rings is 1. The Balaban J connectivity index is 3.65. The fourth-order valence-corrected chi connectivity index (χ4v) is 6.20. The van der Waals surface area contributed by atoms with E-state index in [9.17, 15) is 19.3 Å². The topological polar surface area (TPSA) is 112 Å². The average Bonchev–Trinajstić information content (AvgIpc) is 2.65. The van der Waals surface area contributed by atoms with Gasteiger partial charge in [0.15, 0.2) is 0 Å². The van der Waals surface area contributed by atoms with E-state index in [4.69, 9.17) is 18.5 Å². The monoisotopic (exact) mass is 451 g/mol. The fourth-order valence-electron chi connectivity index (χ4n) is 4.19. The van der Waals surface area contributed by atoms with E-state index in [0.717, 1.165) is 4.90 Å². The minimum atomic E-state index is -3.88. The van der Waals surface area contributed by atoms with Gasteiger partial charge in [-0.1, -0.05) is 13.8 Å². The average molecular weight is 451 g/mol. The highest BCUT2D eigenvalue weighted by Crippen LogP contribution is 2.60. The molecule has 0 radical (unpaired) electrons. The molecule has 1 rings (SSSR count). The number of carbonyl (C=O) groups excluding carboxylic acids is 2. The van der Waals surface area contributed by atoms with Crippen LogP contribution in [-0.2, 0) is 27.9 Å². The second kappa shape index (κ2) is 10.9. The van der Waals surface area contributed by atoms with Gasteiger partial charge in [-0.05, 0) is 57.8 Å². The quantitative estimate of drug-likeness (QED) is 0.440. The minimum Gasteiger partial charge on any atom is -0.467 e. The van der Waals surface area contributed by atoms with Crippen LogP contribution in [-0.4, -0.2) is 67.4 Å². The molecule has 0 aliphatic carbocycles. The standard InChI is InChI=1S/C20H38NO8P/c1-13(2)11-14-12-16(18(23)26-6)21(19(24)29-20(3,4)5)17(15(14)9-10-22)30(25,27-7)28-8/h13-17,22H,9-12H2,1-8H3/t14-,15+,16-,17-/m1/s1. The number of hydrogen-bond acceptors (Lipinski definition) is 8. The van der Waals surface area contributed by atoms with Crippen LogP contribution in [0.5, 0.6) is 0 Å². The number of amides is 1.